The van der Waals surface area contributed by atoms with Crippen LogP contribution in [0, 0.1) is 11.8 Å². The quantitative estimate of drug-likeness (QED) is 0.784. The molecule has 1 heterocycles. The Morgan fingerprint density at radius 3 is 2.41 bits per heavy atom. The molecule has 5 heteroatoms. The van der Waals surface area contributed by atoms with Crippen molar-refractivity contribution in [3.05, 3.63) is 0 Å². The smallest absolute Gasteiger partial charge is 0.220 e. The minimum atomic E-state index is -0.384. The van der Waals surface area contributed by atoms with E-state index in [0.29, 0.717) is 24.8 Å². The molecular weight excluding hydrogens is 280 g/mol. The van der Waals surface area contributed by atoms with Gasteiger partial charge in [0.25, 0.3) is 0 Å². The largest absolute Gasteiger partial charge is 0.391 e. The number of nitrogens with zero attached hydrogens (tertiary/aromatic N) is 1. The number of carbonyl (C=O) groups is 2. The Morgan fingerprint density at radius 1 is 1.18 bits per heavy atom. The van der Waals surface area contributed by atoms with Gasteiger partial charge in [0.15, 0.2) is 0 Å². The van der Waals surface area contributed by atoms with Gasteiger partial charge in [0.2, 0.25) is 11.8 Å². The van der Waals surface area contributed by atoms with Crippen molar-refractivity contribution >= 4 is 11.8 Å². The van der Waals surface area contributed by atoms with Crippen LogP contribution >= 0.6 is 0 Å². The van der Waals surface area contributed by atoms with Gasteiger partial charge in [-0.15, -0.1) is 0 Å². The van der Waals surface area contributed by atoms with E-state index in [1.807, 2.05) is 4.90 Å². The molecule has 1 aliphatic heterocycles. The first-order chi connectivity index (χ1) is 10.6. The van der Waals surface area contributed by atoms with Crippen LogP contribution < -0.4 is 5.32 Å². The van der Waals surface area contributed by atoms with Crippen LogP contribution in [0.25, 0.3) is 0 Å². The number of aliphatic hydroxyl groups is 1. The maximum absolute atomic E-state index is 11.9. The van der Waals surface area contributed by atoms with Crippen LogP contribution in [0.5, 0.6) is 0 Å². The number of piperidine rings is 1. The summed E-state index contributed by atoms with van der Waals surface area (Å²) in [4.78, 5) is 25.0. The molecule has 2 aliphatic rings. The molecule has 0 aromatic carbocycles. The predicted octanol–water partition coefficient (Wildman–Crippen LogP) is 1.69. The highest BCUT2D eigenvalue weighted by molar-refractivity contribution is 5.75. The zero-order valence-electron chi connectivity index (χ0n) is 13.7. The third kappa shape index (κ3) is 5.27. The standard InChI is InChI=1S/C17H30N2O3/c1-13(20)19-10-8-14(9-11-19)6-7-17(22)18-12-16(21)15-4-2-3-5-15/h14-16,21H,2-12H2,1H3,(H,18,22). The van der Waals surface area contributed by atoms with E-state index in [1.54, 1.807) is 6.92 Å². The number of amides is 2. The molecule has 1 saturated carbocycles. The van der Waals surface area contributed by atoms with Gasteiger partial charge >= 0.3 is 0 Å². The number of aliphatic hydroxyl groups excluding tert-OH is 1. The van der Waals surface area contributed by atoms with Crippen LogP contribution in [0.2, 0.25) is 0 Å². The van der Waals surface area contributed by atoms with Crippen molar-refractivity contribution in [1.29, 1.82) is 0 Å². The molecule has 0 aromatic rings. The summed E-state index contributed by atoms with van der Waals surface area (Å²) >= 11 is 0. The van der Waals surface area contributed by atoms with Crippen molar-refractivity contribution in [3.63, 3.8) is 0 Å². The lowest BCUT2D eigenvalue weighted by molar-refractivity contribution is -0.130. The SMILES string of the molecule is CC(=O)N1CCC(CCC(=O)NCC(O)C2CCCC2)CC1. The van der Waals surface area contributed by atoms with Crippen molar-refractivity contribution in [2.24, 2.45) is 11.8 Å². The minimum absolute atomic E-state index is 0.0473. The third-order valence-electron chi connectivity index (χ3n) is 5.29. The van der Waals surface area contributed by atoms with Crippen molar-refractivity contribution < 1.29 is 14.7 Å². The molecule has 1 unspecified atom stereocenters. The van der Waals surface area contributed by atoms with E-state index in [4.69, 9.17) is 0 Å². The highest BCUT2D eigenvalue weighted by atomic mass is 16.3. The summed E-state index contributed by atoms with van der Waals surface area (Å²) in [7, 11) is 0. The van der Waals surface area contributed by atoms with E-state index in [2.05, 4.69) is 5.32 Å². The van der Waals surface area contributed by atoms with E-state index < -0.39 is 0 Å². The Balaban J connectivity index is 1.57. The Labute approximate surface area is 133 Å². The molecule has 0 radical (unpaired) electrons. The number of hydrogen-bond donors (Lipinski definition) is 2. The maximum Gasteiger partial charge on any atom is 0.220 e. The summed E-state index contributed by atoms with van der Waals surface area (Å²) in [6.07, 6.45) is 7.61. The van der Waals surface area contributed by atoms with Crippen LogP contribution in [-0.4, -0.2) is 47.6 Å². The van der Waals surface area contributed by atoms with Crippen LogP contribution in [0.4, 0.5) is 0 Å². The van der Waals surface area contributed by atoms with E-state index in [9.17, 15) is 14.7 Å². The molecule has 1 aliphatic carbocycles. The fraction of sp³-hybridized carbons (Fsp3) is 0.882. The lowest BCUT2D eigenvalue weighted by Crippen LogP contribution is -2.38. The lowest BCUT2D eigenvalue weighted by Gasteiger charge is -2.31. The Morgan fingerprint density at radius 2 is 1.82 bits per heavy atom. The molecule has 0 spiro atoms. The molecule has 2 rings (SSSR count). The molecule has 126 valence electrons. The van der Waals surface area contributed by atoms with Crippen molar-refractivity contribution in [2.45, 2.75) is 64.4 Å². The number of likely N-dealkylation sites (tertiary alicyclic amines) is 1. The van der Waals surface area contributed by atoms with Crippen molar-refractivity contribution in [2.75, 3.05) is 19.6 Å². The Hall–Kier alpha value is -1.10. The lowest BCUT2D eigenvalue weighted by atomic mass is 9.92. The molecule has 1 atom stereocenters. The molecule has 1 saturated heterocycles. The van der Waals surface area contributed by atoms with Crippen LogP contribution in [0.15, 0.2) is 0 Å². The van der Waals surface area contributed by atoms with Gasteiger partial charge in [0.1, 0.15) is 0 Å². The maximum atomic E-state index is 11.9. The second-order valence-corrected chi connectivity index (χ2v) is 6.90. The molecule has 2 amide bonds. The van der Waals surface area contributed by atoms with E-state index in [0.717, 1.165) is 45.2 Å². The van der Waals surface area contributed by atoms with Crippen molar-refractivity contribution in [3.8, 4) is 0 Å². The molecule has 2 fully saturated rings. The number of nitrogens with one attached hydrogen (secondary N) is 1. The number of hydrogen-bond acceptors (Lipinski definition) is 3. The third-order valence-corrected chi connectivity index (χ3v) is 5.29. The molecular formula is C17H30N2O3. The summed E-state index contributed by atoms with van der Waals surface area (Å²) in [5, 5.41) is 12.9. The average Bonchev–Trinajstić information content (AvgIpc) is 3.05. The molecule has 5 nitrogen and oxygen atoms in total. The predicted molar refractivity (Wildman–Crippen MR) is 85.2 cm³/mol. The summed E-state index contributed by atoms with van der Waals surface area (Å²) in [6.45, 7) is 3.65. The highest BCUT2D eigenvalue weighted by Gasteiger charge is 2.24. The molecule has 0 bridgehead atoms. The fourth-order valence-corrected chi connectivity index (χ4v) is 3.69. The monoisotopic (exact) mass is 310 g/mol. The van der Waals surface area contributed by atoms with Gasteiger partial charge in [-0.1, -0.05) is 12.8 Å². The van der Waals surface area contributed by atoms with E-state index >= 15 is 0 Å². The molecule has 0 aromatic heterocycles. The minimum Gasteiger partial charge on any atom is -0.391 e. The number of carbonyl (C=O) groups excluding carboxylic acids is 2. The zero-order chi connectivity index (χ0) is 15.9. The topological polar surface area (TPSA) is 69.6 Å². The second-order valence-electron chi connectivity index (χ2n) is 6.90. The van der Waals surface area contributed by atoms with E-state index in [1.165, 1.54) is 12.8 Å². The fourth-order valence-electron chi connectivity index (χ4n) is 3.69. The summed E-state index contributed by atoms with van der Waals surface area (Å²) in [6, 6.07) is 0. The van der Waals surface area contributed by atoms with Gasteiger partial charge in [0, 0.05) is 33.0 Å². The Kier molecular flexibility index (Phi) is 6.68. The summed E-state index contributed by atoms with van der Waals surface area (Å²) in [5.41, 5.74) is 0. The van der Waals surface area contributed by atoms with Crippen LogP contribution in [0.3, 0.4) is 0 Å². The average molecular weight is 310 g/mol. The van der Waals surface area contributed by atoms with Gasteiger partial charge in [-0.2, -0.15) is 0 Å². The van der Waals surface area contributed by atoms with Crippen LogP contribution in [0.1, 0.15) is 58.3 Å². The van der Waals surface area contributed by atoms with Gasteiger partial charge in [0.05, 0.1) is 6.10 Å². The second kappa shape index (κ2) is 8.51. The van der Waals surface area contributed by atoms with Gasteiger partial charge in [-0.3, -0.25) is 9.59 Å². The van der Waals surface area contributed by atoms with E-state index in [-0.39, 0.29) is 17.9 Å². The highest BCUT2D eigenvalue weighted by Crippen LogP contribution is 2.27. The normalized spacial score (nSPS) is 21.8. The zero-order valence-corrected chi connectivity index (χ0v) is 13.7. The first-order valence-corrected chi connectivity index (χ1v) is 8.76. The first-order valence-electron chi connectivity index (χ1n) is 8.76. The molecule has 2 N–H and O–H groups in total. The Bertz CT molecular complexity index is 372. The number of rotatable bonds is 6. The molecule has 22 heavy (non-hydrogen) atoms. The first kappa shape index (κ1) is 17.3. The summed E-state index contributed by atoms with van der Waals surface area (Å²) in [5.74, 6) is 1.11. The van der Waals surface area contributed by atoms with Gasteiger partial charge < -0.3 is 15.3 Å². The van der Waals surface area contributed by atoms with Gasteiger partial charge in [-0.05, 0) is 43.9 Å². The van der Waals surface area contributed by atoms with Gasteiger partial charge in [-0.25, -0.2) is 0 Å². The summed E-state index contributed by atoms with van der Waals surface area (Å²) < 4.78 is 0. The van der Waals surface area contributed by atoms with Crippen LogP contribution in [-0.2, 0) is 9.59 Å². The van der Waals surface area contributed by atoms with Crippen molar-refractivity contribution in [1.82, 2.24) is 10.2 Å².